The van der Waals surface area contributed by atoms with Crippen LogP contribution in [0.25, 0.3) is 11.5 Å². The Labute approximate surface area is 170 Å². The van der Waals surface area contributed by atoms with E-state index in [0.717, 1.165) is 41.8 Å². The number of rotatable bonds is 6. The molecule has 1 fully saturated rings. The SMILES string of the molecule is CCSc1nnc(NC(=O)C2CCN(c3ccc(-c4ccco4)nn3)CC2)s1. The molecule has 1 aliphatic rings. The minimum Gasteiger partial charge on any atom is -0.463 e. The first-order valence-electron chi connectivity index (χ1n) is 9.12. The molecule has 1 amide bonds. The lowest BCUT2D eigenvalue weighted by Crippen LogP contribution is -2.38. The molecule has 10 heteroatoms. The Balaban J connectivity index is 1.30. The van der Waals surface area contributed by atoms with Crippen LogP contribution in [-0.4, -0.2) is 45.1 Å². The molecule has 8 nitrogen and oxygen atoms in total. The summed E-state index contributed by atoms with van der Waals surface area (Å²) in [6.45, 7) is 3.59. The number of nitrogens with zero attached hydrogens (tertiary/aromatic N) is 5. The summed E-state index contributed by atoms with van der Waals surface area (Å²) in [6, 6.07) is 7.53. The number of nitrogens with one attached hydrogen (secondary N) is 1. The van der Waals surface area contributed by atoms with Crippen LogP contribution in [0.5, 0.6) is 0 Å². The van der Waals surface area contributed by atoms with Gasteiger partial charge in [-0.1, -0.05) is 30.0 Å². The monoisotopic (exact) mass is 416 g/mol. The Morgan fingerprint density at radius 1 is 1.25 bits per heavy atom. The van der Waals surface area contributed by atoms with E-state index in [2.05, 4.69) is 37.5 Å². The van der Waals surface area contributed by atoms with Crippen LogP contribution in [0.3, 0.4) is 0 Å². The molecule has 0 radical (unpaired) electrons. The molecular formula is C18H20N6O2S2. The van der Waals surface area contributed by atoms with Crippen LogP contribution in [0, 0.1) is 5.92 Å². The predicted octanol–water partition coefficient (Wildman–Crippen LogP) is 3.56. The molecule has 1 aliphatic heterocycles. The summed E-state index contributed by atoms with van der Waals surface area (Å²) in [6.07, 6.45) is 3.15. The lowest BCUT2D eigenvalue weighted by molar-refractivity contribution is -0.120. The van der Waals surface area contributed by atoms with E-state index in [4.69, 9.17) is 4.42 Å². The second-order valence-corrected chi connectivity index (χ2v) is 8.80. The second-order valence-electron chi connectivity index (χ2n) is 6.31. The first kappa shape index (κ1) is 18.9. The summed E-state index contributed by atoms with van der Waals surface area (Å²) in [7, 11) is 0. The van der Waals surface area contributed by atoms with Crippen molar-refractivity contribution in [3.63, 3.8) is 0 Å². The van der Waals surface area contributed by atoms with Crippen molar-refractivity contribution in [1.29, 1.82) is 0 Å². The second kappa shape index (κ2) is 8.70. The normalized spacial score (nSPS) is 15.0. The molecule has 0 bridgehead atoms. The third-order valence-corrected chi connectivity index (χ3v) is 6.37. The Bertz CT molecular complexity index is 905. The fraction of sp³-hybridized carbons (Fsp3) is 0.389. The summed E-state index contributed by atoms with van der Waals surface area (Å²) in [5.41, 5.74) is 0.709. The highest BCUT2D eigenvalue weighted by Crippen LogP contribution is 2.27. The highest BCUT2D eigenvalue weighted by Gasteiger charge is 2.26. The maximum atomic E-state index is 12.5. The number of anilines is 2. The van der Waals surface area contributed by atoms with Crippen LogP contribution in [0.1, 0.15) is 19.8 Å². The summed E-state index contributed by atoms with van der Waals surface area (Å²) < 4.78 is 6.22. The molecule has 1 N–H and O–H groups in total. The van der Waals surface area contributed by atoms with Crippen molar-refractivity contribution in [2.75, 3.05) is 29.1 Å². The molecule has 1 saturated heterocycles. The van der Waals surface area contributed by atoms with Gasteiger partial charge < -0.3 is 14.6 Å². The topological polar surface area (TPSA) is 97.0 Å². The van der Waals surface area contributed by atoms with Crippen LogP contribution in [0.15, 0.2) is 39.3 Å². The molecule has 28 heavy (non-hydrogen) atoms. The van der Waals surface area contributed by atoms with Crippen molar-refractivity contribution in [3.05, 3.63) is 30.5 Å². The molecule has 0 aliphatic carbocycles. The number of furan rings is 1. The lowest BCUT2D eigenvalue weighted by atomic mass is 9.96. The summed E-state index contributed by atoms with van der Waals surface area (Å²) in [5, 5.41) is 20.1. The van der Waals surface area contributed by atoms with E-state index >= 15 is 0 Å². The molecule has 0 atom stereocenters. The van der Waals surface area contributed by atoms with Gasteiger partial charge in [0.1, 0.15) is 5.69 Å². The van der Waals surface area contributed by atoms with Gasteiger partial charge in [-0.15, -0.1) is 20.4 Å². The number of hydrogen-bond acceptors (Lipinski definition) is 9. The first-order chi connectivity index (χ1) is 13.7. The van der Waals surface area contributed by atoms with Crippen molar-refractivity contribution in [3.8, 4) is 11.5 Å². The van der Waals surface area contributed by atoms with Crippen molar-refractivity contribution in [2.45, 2.75) is 24.1 Å². The number of hydrogen-bond donors (Lipinski definition) is 1. The largest absolute Gasteiger partial charge is 0.463 e. The van der Waals surface area contributed by atoms with Crippen LogP contribution >= 0.6 is 23.1 Å². The molecule has 4 heterocycles. The minimum absolute atomic E-state index is 0.0168. The van der Waals surface area contributed by atoms with Crippen LogP contribution < -0.4 is 10.2 Å². The zero-order valence-corrected chi connectivity index (χ0v) is 17.0. The maximum Gasteiger partial charge on any atom is 0.229 e. The number of thioether (sulfide) groups is 1. The third kappa shape index (κ3) is 4.33. The van der Waals surface area contributed by atoms with E-state index < -0.39 is 0 Å². The van der Waals surface area contributed by atoms with Crippen molar-refractivity contribution < 1.29 is 9.21 Å². The van der Waals surface area contributed by atoms with Crippen LogP contribution in [-0.2, 0) is 4.79 Å². The lowest BCUT2D eigenvalue weighted by Gasteiger charge is -2.31. The summed E-state index contributed by atoms with van der Waals surface area (Å²) in [4.78, 5) is 14.7. The summed E-state index contributed by atoms with van der Waals surface area (Å²) in [5.74, 6) is 2.44. The Kier molecular flexibility index (Phi) is 5.87. The molecule has 0 spiro atoms. The Morgan fingerprint density at radius 3 is 2.79 bits per heavy atom. The molecule has 0 unspecified atom stereocenters. The minimum atomic E-state index is -0.0298. The smallest absolute Gasteiger partial charge is 0.229 e. The van der Waals surface area contributed by atoms with Crippen molar-refractivity contribution in [2.24, 2.45) is 5.92 Å². The van der Waals surface area contributed by atoms with E-state index in [0.29, 0.717) is 16.6 Å². The number of carbonyl (C=O) groups excluding carboxylic acids is 1. The van der Waals surface area contributed by atoms with E-state index in [1.54, 1.807) is 18.0 Å². The van der Waals surface area contributed by atoms with E-state index in [9.17, 15) is 4.79 Å². The van der Waals surface area contributed by atoms with Gasteiger partial charge in [0.25, 0.3) is 0 Å². The number of carbonyl (C=O) groups is 1. The Hall–Kier alpha value is -2.46. The van der Waals surface area contributed by atoms with Gasteiger partial charge in [-0.3, -0.25) is 4.79 Å². The molecule has 0 aromatic carbocycles. The van der Waals surface area contributed by atoms with Crippen LogP contribution in [0.4, 0.5) is 10.9 Å². The molecule has 3 aromatic heterocycles. The average Bonchev–Trinajstić information content (AvgIpc) is 3.41. The van der Waals surface area contributed by atoms with Gasteiger partial charge in [-0.25, -0.2) is 0 Å². The van der Waals surface area contributed by atoms with Crippen LogP contribution in [0.2, 0.25) is 0 Å². The van der Waals surface area contributed by atoms with Gasteiger partial charge in [0.05, 0.1) is 6.26 Å². The van der Waals surface area contributed by atoms with Gasteiger partial charge >= 0.3 is 0 Å². The van der Waals surface area contributed by atoms with Crippen molar-refractivity contribution >= 4 is 40.0 Å². The van der Waals surface area contributed by atoms with Gasteiger partial charge in [0.2, 0.25) is 11.0 Å². The first-order valence-corrected chi connectivity index (χ1v) is 10.9. The fourth-order valence-electron chi connectivity index (χ4n) is 3.07. The van der Waals surface area contributed by atoms with Gasteiger partial charge in [0.15, 0.2) is 15.9 Å². The molecule has 146 valence electrons. The number of amides is 1. The van der Waals surface area contributed by atoms with E-state index in [-0.39, 0.29) is 11.8 Å². The molecular weight excluding hydrogens is 396 g/mol. The fourth-order valence-corrected chi connectivity index (χ4v) is 4.72. The zero-order chi connectivity index (χ0) is 19.3. The van der Waals surface area contributed by atoms with Gasteiger partial charge in [0, 0.05) is 19.0 Å². The van der Waals surface area contributed by atoms with Gasteiger partial charge in [-0.05, 0) is 42.9 Å². The third-order valence-electron chi connectivity index (χ3n) is 4.52. The zero-order valence-electron chi connectivity index (χ0n) is 15.4. The maximum absolute atomic E-state index is 12.5. The summed E-state index contributed by atoms with van der Waals surface area (Å²) >= 11 is 3.04. The number of piperidine rings is 1. The average molecular weight is 417 g/mol. The highest BCUT2D eigenvalue weighted by molar-refractivity contribution is 8.01. The van der Waals surface area contributed by atoms with E-state index in [1.807, 2.05) is 24.3 Å². The predicted molar refractivity (Wildman–Crippen MR) is 110 cm³/mol. The Morgan fingerprint density at radius 2 is 2.11 bits per heavy atom. The standard InChI is InChI=1S/C18H20N6O2S2/c1-2-27-18-23-22-17(28-18)19-16(25)12-7-9-24(10-8-12)15-6-5-13(20-21-15)14-4-3-11-26-14/h3-6,11-12H,2,7-10H2,1H3,(H,19,22,25). The van der Waals surface area contributed by atoms with Gasteiger partial charge in [-0.2, -0.15) is 0 Å². The quantitative estimate of drug-likeness (QED) is 0.481. The van der Waals surface area contributed by atoms with E-state index in [1.165, 1.54) is 11.3 Å². The van der Waals surface area contributed by atoms with Crippen molar-refractivity contribution in [1.82, 2.24) is 20.4 Å². The molecule has 3 aromatic rings. The molecule has 4 rings (SSSR count). The number of aromatic nitrogens is 4. The highest BCUT2D eigenvalue weighted by atomic mass is 32.2. The molecule has 0 saturated carbocycles.